The molecule has 0 fully saturated rings. The standard InChI is InChI=1S/B2H3PS/c3-1-2-4/h1H,3H2. The summed E-state index contributed by atoms with van der Waals surface area (Å²) in [7, 11) is 2.50. The average Bonchev–Trinajstić information content (AvgIpc) is 1.37. The molecule has 0 saturated heterocycles. The molecule has 0 amide bonds. The summed E-state index contributed by atoms with van der Waals surface area (Å²) < 4.78 is 0. The second-order valence-electron chi connectivity index (χ2n) is 0.402. The summed E-state index contributed by atoms with van der Waals surface area (Å²) in [4.78, 5) is 0. The van der Waals surface area contributed by atoms with E-state index in [0.717, 1.165) is 6.89 Å². The van der Waals surface area contributed by atoms with Crippen LogP contribution < -0.4 is 0 Å². The zero-order valence-electron chi connectivity index (χ0n) is 2.27. The second kappa shape index (κ2) is 3.78. The van der Waals surface area contributed by atoms with E-state index >= 15 is 0 Å². The van der Waals surface area contributed by atoms with Gasteiger partial charge in [-0.1, -0.05) is 0 Å². The molecule has 1 atom stereocenters. The third-order valence-electron chi connectivity index (χ3n) is 0.0962. The van der Waals surface area contributed by atoms with Crippen molar-refractivity contribution in [1.82, 2.24) is 0 Å². The third-order valence-corrected chi connectivity index (χ3v) is 0.866. The molecule has 0 spiro atoms. The summed E-state index contributed by atoms with van der Waals surface area (Å²) in [6.45, 7) is 0.926. The molecule has 0 nitrogen and oxygen atoms in total. The molecule has 0 aliphatic carbocycles. The van der Waals surface area contributed by atoms with Crippen molar-refractivity contribution >= 4 is 34.1 Å². The van der Waals surface area contributed by atoms with Gasteiger partial charge < -0.3 is 0 Å². The first-order valence-electron chi connectivity index (χ1n) is 1.05. The van der Waals surface area contributed by atoms with Crippen molar-refractivity contribution in [3.05, 3.63) is 0 Å². The Hall–Kier alpha value is 0.780. The first-order chi connectivity index (χ1) is 1.91. The fourth-order valence-corrected chi connectivity index (χ4v) is 0. The molecule has 0 N–H and O–H groups in total. The zero-order valence-corrected chi connectivity index (χ0v) is 4.24. The van der Waals surface area contributed by atoms with Gasteiger partial charge in [-0.15, -0.1) is 0 Å². The van der Waals surface area contributed by atoms with Crippen molar-refractivity contribution in [3.8, 4) is 0 Å². The van der Waals surface area contributed by atoms with Gasteiger partial charge in [0.05, 0.1) is 0 Å². The van der Waals surface area contributed by atoms with Crippen molar-refractivity contribution in [2.24, 2.45) is 0 Å². The van der Waals surface area contributed by atoms with Gasteiger partial charge in [-0.3, -0.25) is 0 Å². The third kappa shape index (κ3) is 2.78. The molecule has 4 heteroatoms. The summed E-state index contributed by atoms with van der Waals surface area (Å²) in [6, 6.07) is 1.67. The Kier molecular flexibility index (Phi) is 4.52. The van der Waals surface area contributed by atoms with Gasteiger partial charge in [0.1, 0.15) is 0 Å². The number of hydrogen-bond donors (Lipinski definition) is 0. The number of hydrogen-bond acceptors (Lipinski definition) is 1. The molecular weight excluding hydrogens is 84.7 g/mol. The maximum absolute atomic E-state index is 4.41. The van der Waals surface area contributed by atoms with E-state index in [1.54, 1.807) is 6.05 Å². The first-order valence-corrected chi connectivity index (χ1v) is 2.34. The van der Waals surface area contributed by atoms with Gasteiger partial charge in [0, 0.05) is 0 Å². The van der Waals surface area contributed by atoms with Crippen LogP contribution in [0, 0.1) is 0 Å². The van der Waals surface area contributed by atoms with Gasteiger partial charge >= 0.3 is 34.1 Å². The number of rotatable bonds is 1. The Morgan fingerprint density at radius 3 is 2.25 bits per heavy atom. The maximum atomic E-state index is 4.41. The van der Waals surface area contributed by atoms with E-state index in [0.29, 0.717) is 0 Å². The van der Waals surface area contributed by atoms with Gasteiger partial charge in [-0.05, 0) is 0 Å². The van der Waals surface area contributed by atoms with Gasteiger partial charge in [-0.2, -0.15) is 0 Å². The molecule has 0 aliphatic heterocycles. The van der Waals surface area contributed by atoms with E-state index in [1.807, 2.05) is 0 Å². The minimum atomic E-state index is 0.926. The first kappa shape index (κ1) is 4.78. The van der Waals surface area contributed by atoms with Crippen molar-refractivity contribution in [3.63, 3.8) is 0 Å². The van der Waals surface area contributed by atoms with E-state index in [-0.39, 0.29) is 0 Å². The van der Waals surface area contributed by atoms with E-state index < -0.39 is 0 Å². The normalized spacial score (nSPS) is 4.25. The SMILES string of the molecule is PBB=S. The second-order valence-corrected chi connectivity index (χ2v) is 1.21. The summed E-state index contributed by atoms with van der Waals surface area (Å²) in [6.07, 6.45) is 0. The van der Waals surface area contributed by atoms with Crippen LogP contribution in [-0.2, 0) is 0 Å². The summed E-state index contributed by atoms with van der Waals surface area (Å²) >= 11 is 4.41. The van der Waals surface area contributed by atoms with Crippen LogP contribution in [0.1, 0.15) is 0 Å². The minimum absolute atomic E-state index is 0.926. The Morgan fingerprint density at radius 2 is 2.25 bits per heavy atom. The van der Waals surface area contributed by atoms with Crippen molar-refractivity contribution in [2.45, 2.75) is 0 Å². The molecule has 0 aromatic carbocycles. The van der Waals surface area contributed by atoms with Crippen molar-refractivity contribution in [1.29, 1.82) is 0 Å². The van der Waals surface area contributed by atoms with Crippen LogP contribution in [0.2, 0.25) is 0 Å². The monoisotopic (exact) mass is 88.0 g/mol. The van der Waals surface area contributed by atoms with Crippen LogP contribution in [0.25, 0.3) is 0 Å². The molecule has 0 radical (unpaired) electrons. The topological polar surface area (TPSA) is 0 Å². The Balaban J connectivity index is 2.30. The molecule has 4 heavy (non-hydrogen) atoms. The van der Waals surface area contributed by atoms with E-state index in [2.05, 4.69) is 21.2 Å². The summed E-state index contributed by atoms with van der Waals surface area (Å²) in [5.74, 6) is 0. The molecule has 0 saturated carbocycles. The van der Waals surface area contributed by atoms with Crippen molar-refractivity contribution in [2.75, 3.05) is 0 Å². The van der Waals surface area contributed by atoms with Crippen LogP contribution in [0.3, 0.4) is 0 Å². The van der Waals surface area contributed by atoms with Crippen LogP contribution in [-0.4, -0.2) is 12.9 Å². The Labute approximate surface area is 34.8 Å². The molecule has 0 rings (SSSR count). The summed E-state index contributed by atoms with van der Waals surface area (Å²) in [5.41, 5.74) is 0. The molecule has 1 unspecified atom stereocenters. The van der Waals surface area contributed by atoms with Crippen LogP contribution in [0.4, 0.5) is 0 Å². The quantitative estimate of drug-likeness (QED) is 0.319. The van der Waals surface area contributed by atoms with Crippen LogP contribution in [0.15, 0.2) is 0 Å². The van der Waals surface area contributed by atoms with Crippen molar-refractivity contribution < 1.29 is 0 Å². The molecular formula is H3B2PS. The summed E-state index contributed by atoms with van der Waals surface area (Å²) in [5, 5.41) is 0. The Morgan fingerprint density at radius 1 is 2.00 bits per heavy atom. The molecule has 0 aromatic rings. The Bertz CT molecular complexity index is 20.0. The predicted octanol–water partition coefficient (Wildman–Crippen LogP) is -0.0553. The molecule has 20 valence electrons. The molecule has 0 heterocycles. The molecule has 0 aliphatic rings. The zero-order chi connectivity index (χ0) is 3.41. The fourth-order valence-electron chi connectivity index (χ4n) is 0. The van der Waals surface area contributed by atoms with Crippen LogP contribution >= 0.6 is 21.2 Å². The average molecular weight is 87.7 g/mol. The van der Waals surface area contributed by atoms with Gasteiger partial charge in [0.2, 0.25) is 0 Å². The van der Waals surface area contributed by atoms with E-state index in [9.17, 15) is 0 Å². The van der Waals surface area contributed by atoms with E-state index in [4.69, 9.17) is 0 Å². The van der Waals surface area contributed by atoms with Gasteiger partial charge in [-0.25, -0.2) is 0 Å². The van der Waals surface area contributed by atoms with Crippen LogP contribution in [0.5, 0.6) is 0 Å². The van der Waals surface area contributed by atoms with E-state index in [1.165, 1.54) is 0 Å². The predicted molar refractivity (Wildman–Crippen MR) is 30.2 cm³/mol. The fraction of sp³-hybridized carbons (Fsp3) is 0. The molecule has 0 bridgehead atoms. The molecule has 0 aromatic heterocycles. The van der Waals surface area contributed by atoms with Gasteiger partial charge in [0.25, 0.3) is 0 Å². The van der Waals surface area contributed by atoms with Gasteiger partial charge in [0.15, 0.2) is 0 Å².